The predicted octanol–water partition coefficient (Wildman–Crippen LogP) is -0.104. The summed E-state index contributed by atoms with van der Waals surface area (Å²) < 4.78 is 3.37. The number of nitrogens with one attached hydrogen (secondary N) is 1. The highest BCUT2D eigenvalue weighted by Crippen LogP contribution is 2.39. The Labute approximate surface area is 147 Å². The van der Waals surface area contributed by atoms with Crippen molar-refractivity contribution in [3.8, 4) is 6.07 Å². The Hall–Kier alpha value is -2.60. The number of hydrogen-bond donors (Lipinski definition) is 1. The highest BCUT2D eigenvalue weighted by molar-refractivity contribution is 6.29. The van der Waals surface area contributed by atoms with Gasteiger partial charge in [0.25, 0.3) is 5.56 Å². The molecule has 0 saturated heterocycles. The molecule has 0 radical (unpaired) electrons. The van der Waals surface area contributed by atoms with E-state index >= 15 is 0 Å². The molecule has 0 aliphatic heterocycles. The molecule has 1 fully saturated rings. The predicted molar refractivity (Wildman–Crippen MR) is 90.1 cm³/mol. The van der Waals surface area contributed by atoms with Crippen molar-refractivity contribution in [1.82, 2.24) is 24.0 Å². The molecular weight excluding hydrogens is 348 g/mol. The lowest BCUT2D eigenvalue weighted by atomic mass is 9.98. The fourth-order valence-corrected chi connectivity index (χ4v) is 3.14. The van der Waals surface area contributed by atoms with E-state index in [9.17, 15) is 19.6 Å². The van der Waals surface area contributed by atoms with Gasteiger partial charge in [-0.25, -0.2) is 4.79 Å². The summed E-state index contributed by atoms with van der Waals surface area (Å²) in [6.45, 7) is 1.41. The molecule has 1 aliphatic carbocycles. The number of rotatable bonds is 4. The third kappa shape index (κ3) is 2.72. The maximum atomic E-state index is 12.4. The van der Waals surface area contributed by atoms with Crippen LogP contribution in [0.15, 0.2) is 9.59 Å². The maximum Gasteiger partial charge on any atom is 0.332 e. The number of carbonyl (C=O) groups is 1. The summed E-state index contributed by atoms with van der Waals surface area (Å²) in [6.07, 6.45) is 1.78. The van der Waals surface area contributed by atoms with Gasteiger partial charge < -0.3 is 5.32 Å². The normalized spacial score (nSPS) is 16.4. The van der Waals surface area contributed by atoms with Gasteiger partial charge in [-0.1, -0.05) is 0 Å². The van der Waals surface area contributed by atoms with Gasteiger partial charge in [-0.05, 0) is 37.3 Å². The van der Waals surface area contributed by atoms with Crippen molar-refractivity contribution in [1.29, 1.82) is 5.26 Å². The van der Waals surface area contributed by atoms with Gasteiger partial charge in [0, 0.05) is 14.1 Å². The number of aromatic nitrogens is 4. The number of fused-ring (bicyclic) bond motifs is 1. The van der Waals surface area contributed by atoms with Gasteiger partial charge in [0.2, 0.25) is 11.2 Å². The summed E-state index contributed by atoms with van der Waals surface area (Å²) in [5.41, 5.74) is -1.90. The summed E-state index contributed by atoms with van der Waals surface area (Å²) in [5.74, 6) is -0.321. The first-order valence-electron chi connectivity index (χ1n) is 7.73. The zero-order chi connectivity index (χ0) is 18.5. The SMILES string of the molecule is Cn1c(=O)c2c(nc(Cl)n2CC(=O)N[C@@](C)(C#N)C2CC2)n(C)c1=O. The third-order valence-electron chi connectivity index (χ3n) is 4.63. The fraction of sp³-hybridized carbons (Fsp3) is 0.533. The molecule has 2 heterocycles. The van der Waals surface area contributed by atoms with Crippen molar-refractivity contribution in [2.24, 2.45) is 20.0 Å². The van der Waals surface area contributed by atoms with E-state index in [0.717, 1.165) is 17.4 Å². The highest BCUT2D eigenvalue weighted by Gasteiger charge is 2.43. The molecular formula is C15H17ClN6O3. The molecule has 2 aromatic rings. The Morgan fingerprint density at radius 1 is 1.40 bits per heavy atom. The average molecular weight is 365 g/mol. The molecule has 0 aromatic carbocycles. The molecule has 1 saturated carbocycles. The van der Waals surface area contributed by atoms with Crippen LogP contribution in [0.5, 0.6) is 0 Å². The van der Waals surface area contributed by atoms with Crippen LogP contribution in [0.25, 0.3) is 11.2 Å². The zero-order valence-electron chi connectivity index (χ0n) is 14.0. The van der Waals surface area contributed by atoms with E-state index in [0.29, 0.717) is 0 Å². The lowest BCUT2D eigenvalue weighted by molar-refractivity contribution is -0.123. The number of amides is 1. The van der Waals surface area contributed by atoms with Crippen LogP contribution < -0.4 is 16.6 Å². The summed E-state index contributed by atoms with van der Waals surface area (Å²) in [4.78, 5) is 40.8. The number of nitrogens with zero attached hydrogens (tertiary/aromatic N) is 5. The molecule has 3 rings (SSSR count). The summed E-state index contributed by atoms with van der Waals surface area (Å²) in [6, 6.07) is 2.14. The van der Waals surface area contributed by atoms with E-state index in [1.165, 1.54) is 23.2 Å². The minimum atomic E-state index is -0.947. The van der Waals surface area contributed by atoms with E-state index in [-0.39, 0.29) is 28.9 Å². The molecule has 1 atom stereocenters. The van der Waals surface area contributed by atoms with Crippen molar-refractivity contribution in [3.63, 3.8) is 0 Å². The van der Waals surface area contributed by atoms with Crippen molar-refractivity contribution in [2.75, 3.05) is 0 Å². The van der Waals surface area contributed by atoms with Crippen LogP contribution in [0, 0.1) is 17.2 Å². The minimum Gasteiger partial charge on any atom is -0.336 e. The largest absolute Gasteiger partial charge is 0.336 e. The monoisotopic (exact) mass is 364 g/mol. The van der Waals surface area contributed by atoms with Crippen LogP contribution in [0.1, 0.15) is 19.8 Å². The van der Waals surface area contributed by atoms with Crippen LogP contribution >= 0.6 is 11.6 Å². The van der Waals surface area contributed by atoms with Gasteiger partial charge in [-0.3, -0.25) is 23.3 Å². The van der Waals surface area contributed by atoms with Gasteiger partial charge >= 0.3 is 5.69 Å². The van der Waals surface area contributed by atoms with Crippen LogP contribution in [-0.4, -0.2) is 30.1 Å². The Bertz CT molecular complexity index is 1040. The molecule has 2 aromatic heterocycles. The second-order valence-corrected chi connectivity index (χ2v) is 6.82. The van der Waals surface area contributed by atoms with Gasteiger partial charge in [0.05, 0.1) is 6.07 Å². The van der Waals surface area contributed by atoms with Crippen molar-refractivity contribution >= 4 is 28.7 Å². The van der Waals surface area contributed by atoms with Gasteiger partial charge in [0.1, 0.15) is 12.1 Å². The Morgan fingerprint density at radius 3 is 2.60 bits per heavy atom. The smallest absolute Gasteiger partial charge is 0.332 e. The molecule has 9 nitrogen and oxygen atoms in total. The first-order chi connectivity index (χ1) is 11.7. The van der Waals surface area contributed by atoms with Gasteiger partial charge in [-0.2, -0.15) is 10.2 Å². The number of halogens is 1. The molecule has 132 valence electrons. The summed E-state index contributed by atoms with van der Waals surface area (Å²) >= 11 is 6.08. The van der Waals surface area contributed by atoms with Gasteiger partial charge in [0.15, 0.2) is 11.2 Å². The lowest BCUT2D eigenvalue weighted by Gasteiger charge is -2.23. The molecule has 1 aliphatic rings. The minimum absolute atomic E-state index is 0.0647. The summed E-state index contributed by atoms with van der Waals surface area (Å²) in [5, 5.41) is 12.0. The zero-order valence-corrected chi connectivity index (χ0v) is 14.8. The Kier molecular flexibility index (Phi) is 3.95. The van der Waals surface area contributed by atoms with E-state index in [2.05, 4.69) is 16.4 Å². The van der Waals surface area contributed by atoms with Crippen molar-refractivity contribution in [3.05, 3.63) is 26.1 Å². The van der Waals surface area contributed by atoms with E-state index in [4.69, 9.17) is 11.6 Å². The number of imidazole rings is 1. The molecule has 1 amide bonds. The van der Waals surface area contributed by atoms with E-state index in [1.54, 1.807) is 6.92 Å². The molecule has 1 N–H and O–H groups in total. The first-order valence-corrected chi connectivity index (χ1v) is 8.11. The van der Waals surface area contributed by atoms with Crippen LogP contribution in [0.2, 0.25) is 5.28 Å². The van der Waals surface area contributed by atoms with Crippen LogP contribution in [0.3, 0.4) is 0 Å². The number of nitriles is 1. The second-order valence-electron chi connectivity index (χ2n) is 6.48. The van der Waals surface area contributed by atoms with Crippen LogP contribution in [-0.2, 0) is 25.4 Å². The Balaban J connectivity index is 2.01. The Morgan fingerprint density at radius 2 is 2.04 bits per heavy atom. The maximum absolute atomic E-state index is 12.4. The molecule has 0 bridgehead atoms. The molecule has 0 unspecified atom stereocenters. The quantitative estimate of drug-likeness (QED) is 0.760. The number of hydrogen-bond acceptors (Lipinski definition) is 5. The standard InChI is InChI=1S/C15H17ClN6O3/c1-15(7-17,8-4-5-8)19-9(23)6-22-10-11(18-13(22)16)20(2)14(25)21(3)12(10)24/h8H,4-6H2,1-3H3,(H,19,23)/t15-/m0/s1. The fourth-order valence-electron chi connectivity index (χ4n) is 2.92. The van der Waals surface area contributed by atoms with Crippen molar-refractivity contribution < 1.29 is 4.79 Å². The summed E-state index contributed by atoms with van der Waals surface area (Å²) in [7, 11) is 2.81. The first kappa shape index (κ1) is 17.2. The average Bonchev–Trinajstić information content (AvgIpc) is 3.37. The third-order valence-corrected chi connectivity index (χ3v) is 4.92. The van der Waals surface area contributed by atoms with Crippen LogP contribution in [0.4, 0.5) is 0 Å². The van der Waals surface area contributed by atoms with E-state index in [1.807, 2.05) is 0 Å². The highest BCUT2D eigenvalue weighted by atomic mass is 35.5. The molecule has 25 heavy (non-hydrogen) atoms. The second kappa shape index (κ2) is 5.74. The van der Waals surface area contributed by atoms with E-state index < -0.39 is 22.7 Å². The number of carbonyl (C=O) groups excluding carboxylic acids is 1. The van der Waals surface area contributed by atoms with Gasteiger partial charge in [-0.15, -0.1) is 0 Å². The molecule has 10 heteroatoms. The molecule has 0 spiro atoms. The lowest BCUT2D eigenvalue weighted by Crippen LogP contribution is -2.48. The topological polar surface area (TPSA) is 115 Å². The van der Waals surface area contributed by atoms with Crippen molar-refractivity contribution in [2.45, 2.75) is 31.8 Å². The number of aryl methyl sites for hydroxylation is 1.